The molecular weight excluding hydrogens is 204 g/mol. The zero-order valence-corrected chi connectivity index (χ0v) is 9.81. The maximum Gasteiger partial charge on any atom is 0.145 e. The van der Waals surface area contributed by atoms with Crippen molar-refractivity contribution in [3.05, 3.63) is 18.2 Å². The minimum Gasteiger partial charge on any atom is -0.508 e. The summed E-state index contributed by atoms with van der Waals surface area (Å²) in [5.41, 5.74) is 1.06. The molecule has 2 rings (SSSR count). The van der Waals surface area contributed by atoms with Gasteiger partial charge in [-0.3, -0.25) is 0 Å². The fourth-order valence-electron chi connectivity index (χ4n) is 1.97. The number of methoxy groups -OCH3 is 1. The molecule has 0 atom stereocenters. The second-order valence-corrected chi connectivity index (χ2v) is 4.15. The Hall–Kier alpha value is -1.42. The molecular formula is C12H18N2O2. The van der Waals surface area contributed by atoms with Gasteiger partial charge >= 0.3 is 0 Å². The molecule has 0 bridgehead atoms. The molecule has 0 saturated carbocycles. The van der Waals surface area contributed by atoms with Crippen LogP contribution in [0, 0.1) is 0 Å². The minimum atomic E-state index is 0.245. The lowest BCUT2D eigenvalue weighted by molar-refractivity contribution is 0.311. The summed E-state index contributed by atoms with van der Waals surface area (Å²) in [6.07, 6.45) is 0. The van der Waals surface area contributed by atoms with E-state index >= 15 is 0 Å². The van der Waals surface area contributed by atoms with Gasteiger partial charge in [0.2, 0.25) is 0 Å². The Kier molecular flexibility index (Phi) is 3.19. The molecule has 4 nitrogen and oxygen atoms in total. The van der Waals surface area contributed by atoms with Crippen LogP contribution in [0.1, 0.15) is 0 Å². The molecule has 0 amide bonds. The molecule has 0 aromatic heterocycles. The van der Waals surface area contributed by atoms with Crippen molar-refractivity contribution in [1.29, 1.82) is 0 Å². The molecule has 88 valence electrons. The second-order valence-electron chi connectivity index (χ2n) is 4.15. The molecule has 1 N–H and O–H groups in total. The Labute approximate surface area is 96.0 Å². The van der Waals surface area contributed by atoms with Gasteiger partial charge in [0.1, 0.15) is 11.5 Å². The molecule has 1 aromatic carbocycles. The van der Waals surface area contributed by atoms with Gasteiger partial charge in [-0.05, 0) is 19.2 Å². The number of likely N-dealkylation sites (N-methyl/N-ethyl adjacent to an activating group) is 1. The lowest BCUT2D eigenvalue weighted by atomic mass is 10.2. The summed E-state index contributed by atoms with van der Waals surface area (Å²) in [4.78, 5) is 4.60. The van der Waals surface area contributed by atoms with E-state index in [0.717, 1.165) is 37.6 Å². The van der Waals surface area contributed by atoms with Crippen LogP contribution in [0.2, 0.25) is 0 Å². The molecule has 0 aliphatic carbocycles. The van der Waals surface area contributed by atoms with Gasteiger partial charge in [0.25, 0.3) is 0 Å². The summed E-state index contributed by atoms with van der Waals surface area (Å²) in [6, 6.07) is 5.28. The maximum absolute atomic E-state index is 9.40. The van der Waals surface area contributed by atoms with Gasteiger partial charge in [0.05, 0.1) is 12.8 Å². The maximum atomic E-state index is 9.40. The molecule has 1 aliphatic heterocycles. The van der Waals surface area contributed by atoms with Gasteiger partial charge < -0.3 is 19.6 Å². The van der Waals surface area contributed by atoms with Crippen molar-refractivity contribution in [3.63, 3.8) is 0 Å². The number of rotatable bonds is 2. The molecule has 1 fully saturated rings. The molecule has 16 heavy (non-hydrogen) atoms. The van der Waals surface area contributed by atoms with Gasteiger partial charge in [0, 0.05) is 32.2 Å². The number of anilines is 1. The third-order valence-electron chi connectivity index (χ3n) is 3.01. The number of phenols is 1. The average molecular weight is 222 g/mol. The monoisotopic (exact) mass is 222 g/mol. The summed E-state index contributed by atoms with van der Waals surface area (Å²) < 4.78 is 5.29. The number of ether oxygens (including phenoxy) is 1. The van der Waals surface area contributed by atoms with E-state index in [4.69, 9.17) is 4.74 Å². The van der Waals surface area contributed by atoms with Crippen molar-refractivity contribution in [2.75, 3.05) is 45.2 Å². The molecule has 0 spiro atoms. The largest absolute Gasteiger partial charge is 0.508 e. The van der Waals surface area contributed by atoms with E-state index in [1.807, 2.05) is 6.07 Å². The average Bonchev–Trinajstić information content (AvgIpc) is 2.30. The normalized spacial score (nSPS) is 17.5. The van der Waals surface area contributed by atoms with Crippen LogP contribution in [0.5, 0.6) is 11.5 Å². The Morgan fingerprint density at radius 1 is 1.19 bits per heavy atom. The molecule has 1 aromatic rings. The summed E-state index contributed by atoms with van der Waals surface area (Å²) in [5.74, 6) is 0.985. The SMILES string of the molecule is COc1cc(O)ccc1N1CCN(C)CC1. The standard InChI is InChI=1S/C12H18N2O2/c1-13-5-7-14(8-6-13)11-4-3-10(15)9-12(11)16-2/h3-4,9,15H,5-8H2,1-2H3. The van der Waals surface area contributed by atoms with Gasteiger partial charge in [-0.2, -0.15) is 0 Å². The summed E-state index contributed by atoms with van der Waals surface area (Å²) in [7, 11) is 3.76. The van der Waals surface area contributed by atoms with Crippen LogP contribution in [0.3, 0.4) is 0 Å². The highest BCUT2D eigenvalue weighted by atomic mass is 16.5. The fourth-order valence-corrected chi connectivity index (χ4v) is 1.97. The Morgan fingerprint density at radius 2 is 1.88 bits per heavy atom. The Bertz CT molecular complexity index is 360. The molecule has 1 heterocycles. The van der Waals surface area contributed by atoms with Crippen molar-refractivity contribution < 1.29 is 9.84 Å². The number of hydrogen-bond donors (Lipinski definition) is 1. The first-order valence-corrected chi connectivity index (χ1v) is 5.51. The predicted octanol–water partition coefficient (Wildman–Crippen LogP) is 1.15. The first-order valence-electron chi connectivity index (χ1n) is 5.51. The van der Waals surface area contributed by atoms with Crippen LogP contribution in [0.4, 0.5) is 5.69 Å². The van der Waals surface area contributed by atoms with E-state index in [0.29, 0.717) is 0 Å². The van der Waals surface area contributed by atoms with Gasteiger partial charge in [0.15, 0.2) is 0 Å². The molecule has 4 heteroatoms. The number of benzene rings is 1. The van der Waals surface area contributed by atoms with E-state index in [1.165, 1.54) is 0 Å². The van der Waals surface area contributed by atoms with E-state index in [9.17, 15) is 5.11 Å². The lowest BCUT2D eigenvalue weighted by Crippen LogP contribution is -2.44. The summed E-state index contributed by atoms with van der Waals surface area (Å²) in [5, 5.41) is 9.40. The molecule has 1 saturated heterocycles. The summed E-state index contributed by atoms with van der Waals surface area (Å²) in [6.45, 7) is 4.11. The van der Waals surface area contributed by atoms with Gasteiger partial charge in [-0.25, -0.2) is 0 Å². The van der Waals surface area contributed by atoms with Crippen LogP contribution in [0.25, 0.3) is 0 Å². The van der Waals surface area contributed by atoms with Gasteiger partial charge in [-0.15, -0.1) is 0 Å². The van der Waals surface area contributed by atoms with Crippen molar-refractivity contribution in [1.82, 2.24) is 4.90 Å². The van der Waals surface area contributed by atoms with Crippen LogP contribution in [0.15, 0.2) is 18.2 Å². The minimum absolute atomic E-state index is 0.245. The first-order chi connectivity index (χ1) is 7.70. The number of piperazine rings is 1. The van der Waals surface area contributed by atoms with Crippen molar-refractivity contribution in [3.8, 4) is 11.5 Å². The summed E-state index contributed by atoms with van der Waals surface area (Å²) >= 11 is 0. The fraction of sp³-hybridized carbons (Fsp3) is 0.500. The topological polar surface area (TPSA) is 35.9 Å². The number of hydrogen-bond acceptors (Lipinski definition) is 4. The van der Waals surface area contributed by atoms with E-state index in [-0.39, 0.29) is 5.75 Å². The zero-order valence-electron chi connectivity index (χ0n) is 9.81. The molecule has 0 radical (unpaired) electrons. The number of nitrogens with zero attached hydrogens (tertiary/aromatic N) is 2. The van der Waals surface area contributed by atoms with Crippen molar-refractivity contribution >= 4 is 5.69 Å². The smallest absolute Gasteiger partial charge is 0.145 e. The van der Waals surface area contributed by atoms with E-state index in [1.54, 1.807) is 19.2 Å². The highest BCUT2D eigenvalue weighted by molar-refractivity contribution is 5.61. The Morgan fingerprint density at radius 3 is 2.50 bits per heavy atom. The molecule has 1 aliphatic rings. The van der Waals surface area contributed by atoms with Gasteiger partial charge in [-0.1, -0.05) is 0 Å². The molecule has 0 unspecified atom stereocenters. The number of aromatic hydroxyl groups is 1. The third kappa shape index (κ3) is 2.22. The van der Waals surface area contributed by atoms with Crippen LogP contribution in [-0.2, 0) is 0 Å². The highest BCUT2D eigenvalue weighted by Crippen LogP contribution is 2.32. The quantitative estimate of drug-likeness (QED) is 0.814. The highest BCUT2D eigenvalue weighted by Gasteiger charge is 2.17. The van der Waals surface area contributed by atoms with Crippen LogP contribution in [-0.4, -0.2) is 50.3 Å². The van der Waals surface area contributed by atoms with Crippen LogP contribution >= 0.6 is 0 Å². The second kappa shape index (κ2) is 4.61. The van der Waals surface area contributed by atoms with Crippen molar-refractivity contribution in [2.24, 2.45) is 0 Å². The third-order valence-corrected chi connectivity index (χ3v) is 3.01. The predicted molar refractivity (Wildman–Crippen MR) is 64.4 cm³/mol. The van der Waals surface area contributed by atoms with Crippen molar-refractivity contribution in [2.45, 2.75) is 0 Å². The lowest BCUT2D eigenvalue weighted by Gasteiger charge is -2.34. The number of phenolic OH excluding ortho intramolecular Hbond substituents is 1. The zero-order chi connectivity index (χ0) is 11.5. The Balaban J connectivity index is 2.19. The van der Waals surface area contributed by atoms with Crippen LogP contribution < -0.4 is 9.64 Å². The first kappa shape index (κ1) is 11.1. The van der Waals surface area contributed by atoms with E-state index in [2.05, 4.69) is 16.8 Å². The van der Waals surface area contributed by atoms with E-state index < -0.39 is 0 Å².